The molecule has 0 unspecified atom stereocenters. The fourth-order valence-electron chi connectivity index (χ4n) is 2.63. The molecule has 0 spiro atoms. The summed E-state index contributed by atoms with van der Waals surface area (Å²) in [6.45, 7) is 2.13. The monoisotopic (exact) mass is 288 g/mol. The summed E-state index contributed by atoms with van der Waals surface area (Å²) in [4.78, 5) is 0. The largest absolute Gasteiger partial charge is 0.204 e. The van der Waals surface area contributed by atoms with Gasteiger partial charge in [-0.2, -0.15) is 0 Å². The van der Waals surface area contributed by atoms with E-state index in [1.54, 1.807) is 12.1 Å². The van der Waals surface area contributed by atoms with Gasteiger partial charge in [0.05, 0.1) is 0 Å². The van der Waals surface area contributed by atoms with Gasteiger partial charge in [0.25, 0.3) is 0 Å². The molecule has 0 aromatic heterocycles. The van der Waals surface area contributed by atoms with Crippen molar-refractivity contribution in [2.45, 2.75) is 26.2 Å². The Hall–Kier alpha value is -2.03. The van der Waals surface area contributed by atoms with Crippen LogP contribution in [0.3, 0.4) is 0 Å². The molecule has 0 aliphatic rings. The minimum atomic E-state index is -1.42. The van der Waals surface area contributed by atoms with Crippen LogP contribution in [0.15, 0.2) is 36.4 Å². The minimum absolute atomic E-state index is 0.114. The molecule has 0 saturated heterocycles. The van der Waals surface area contributed by atoms with E-state index in [4.69, 9.17) is 0 Å². The predicted molar refractivity (Wildman–Crippen MR) is 79.9 cm³/mol. The summed E-state index contributed by atoms with van der Waals surface area (Å²) in [6.07, 6.45) is 3.20. The van der Waals surface area contributed by atoms with Gasteiger partial charge in [-0.1, -0.05) is 31.5 Å². The van der Waals surface area contributed by atoms with E-state index in [0.29, 0.717) is 5.39 Å². The standard InChI is InChI=1S/C18H15F3/c1-2-3-4-11-5-6-12-9-15-14(8-13(12)7-11)10-16(19)18(21)17(15)20/h5-10H,2-4H2,1H3. The summed E-state index contributed by atoms with van der Waals surface area (Å²) < 4.78 is 40.5. The van der Waals surface area contributed by atoms with E-state index in [-0.39, 0.29) is 5.39 Å². The van der Waals surface area contributed by atoms with Crippen molar-refractivity contribution in [1.82, 2.24) is 0 Å². The quantitative estimate of drug-likeness (QED) is 0.425. The Bertz CT molecular complexity index is 822. The molecule has 0 atom stereocenters. The molecule has 3 aromatic rings. The fraction of sp³-hybridized carbons (Fsp3) is 0.222. The summed E-state index contributed by atoms with van der Waals surface area (Å²) in [6, 6.07) is 10.3. The SMILES string of the molecule is CCCCc1ccc2cc3c(F)c(F)c(F)cc3cc2c1. The Morgan fingerprint density at radius 2 is 1.62 bits per heavy atom. The van der Waals surface area contributed by atoms with Crippen LogP contribution in [0.5, 0.6) is 0 Å². The van der Waals surface area contributed by atoms with Crippen LogP contribution in [0.1, 0.15) is 25.3 Å². The molecule has 0 aliphatic carbocycles. The van der Waals surface area contributed by atoms with Crippen molar-refractivity contribution in [2.24, 2.45) is 0 Å². The Kier molecular flexibility index (Phi) is 3.58. The maximum atomic E-state index is 13.8. The molecule has 0 N–H and O–H groups in total. The summed E-state index contributed by atoms with van der Waals surface area (Å²) in [7, 11) is 0. The molecule has 0 amide bonds. The van der Waals surface area contributed by atoms with Gasteiger partial charge in [0.15, 0.2) is 17.5 Å². The van der Waals surface area contributed by atoms with Gasteiger partial charge < -0.3 is 0 Å². The van der Waals surface area contributed by atoms with E-state index in [1.165, 1.54) is 5.56 Å². The summed E-state index contributed by atoms with van der Waals surface area (Å²) >= 11 is 0. The topological polar surface area (TPSA) is 0 Å². The number of rotatable bonds is 3. The first kappa shape index (κ1) is 13.9. The first-order valence-electron chi connectivity index (χ1n) is 7.10. The van der Waals surface area contributed by atoms with Crippen LogP contribution in [0.2, 0.25) is 0 Å². The van der Waals surface area contributed by atoms with Crippen molar-refractivity contribution >= 4 is 21.5 Å². The van der Waals surface area contributed by atoms with Crippen LogP contribution < -0.4 is 0 Å². The normalized spacial score (nSPS) is 11.4. The Morgan fingerprint density at radius 3 is 2.38 bits per heavy atom. The lowest BCUT2D eigenvalue weighted by Crippen LogP contribution is -1.92. The zero-order valence-corrected chi connectivity index (χ0v) is 11.7. The van der Waals surface area contributed by atoms with Gasteiger partial charge in [-0.3, -0.25) is 0 Å². The van der Waals surface area contributed by atoms with Gasteiger partial charge in [0.1, 0.15) is 0 Å². The molecule has 0 heterocycles. The van der Waals surface area contributed by atoms with E-state index in [9.17, 15) is 13.2 Å². The number of hydrogen-bond donors (Lipinski definition) is 0. The van der Waals surface area contributed by atoms with E-state index in [1.807, 2.05) is 18.2 Å². The van der Waals surface area contributed by atoms with Crippen LogP contribution in [0.25, 0.3) is 21.5 Å². The molecule has 108 valence electrons. The highest BCUT2D eigenvalue weighted by Gasteiger charge is 2.14. The third kappa shape index (κ3) is 2.48. The van der Waals surface area contributed by atoms with E-state index in [2.05, 4.69) is 6.92 Å². The van der Waals surface area contributed by atoms with Crippen LogP contribution in [0, 0.1) is 17.5 Å². The maximum Gasteiger partial charge on any atom is 0.195 e. The second-order valence-electron chi connectivity index (χ2n) is 5.34. The lowest BCUT2D eigenvalue weighted by atomic mass is 9.99. The number of hydrogen-bond acceptors (Lipinski definition) is 0. The molecule has 0 saturated carbocycles. The van der Waals surface area contributed by atoms with Gasteiger partial charge in [0.2, 0.25) is 0 Å². The van der Waals surface area contributed by atoms with Crippen LogP contribution >= 0.6 is 0 Å². The highest BCUT2D eigenvalue weighted by atomic mass is 19.2. The molecule has 0 radical (unpaired) electrons. The summed E-state index contributed by atoms with van der Waals surface area (Å²) in [5.41, 5.74) is 1.20. The van der Waals surface area contributed by atoms with Crippen molar-refractivity contribution in [1.29, 1.82) is 0 Å². The van der Waals surface area contributed by atoms with E-state index >= 15 is 0 Å². The molecule has 0 aliphatic heterocycles. The summed E-state index contributed by atoms with van der Waals surface area (Å²) in [5, 5.41) is 2.24. The number of benzene rings is 3. The van der Waals surface area contributed by atoms with Crippen molar-refractivity contribution < 1.29 is 13.2 Å². The average Bonchev–Trinajstić information content (AvgIpc) is 2.49. The molecular weight excluding hydrogens is 273 g/mol. The third-order valence-electron chi connectivity index (χ3n) is 3.81. The number of unbranched alkanes of at least 4 members (excludes halogenated alkanes) is 1. The highest BCUT2D eigenvalue weighted by molar-refractivity contribution is 5.98. The average molecular weight is 288 g/mol. The fourth-order valence-corrected chi connectivity index (χ4v) is 2.63. The molecule has 3 heteroatoms. The second-order valence-corrected chi connectivity index (χ2v) is 5.34. The molecular formula is C18H15F3. The number of fused-ring (bicyclic) bond motifs is 2. The van der Waals surface area contributed by atoms with Gasteiger partial charge in [-0.05, 0) is 52.8 Å². The van der Waals surface area contributed by atoms with E-state index < -0.39 is 17.5 Å². The molecule has 21 heavy (non-hydrogen) atoms. The summed E-state index contributed by atoms with van der Waals surface area (Å²) in [5.74, 6) is -3.69. The van der Waals surface area contributed by atoms with Crippen LogP contribution in [-0.4, -0.2) is 0 Å². The van der Waals surface area contributed by atoms with Crippen LogP contribution in [0.4, 0.5) is 13.2 Å². The van der Waals surface area contributed by atoms with E-state index in [0.717, 1.165) is 36.1 Å². The molecule has 0 bridgehead atoms. The molecule has 3 rings (SSSR count). The maximum absolute atomic E-state index is 13.8. The zero-order valence-electron chi connectivity index (χ0n) is 11.7. The Labute approximate surface area is 121 Å². The molecule has 3 aromatic carbocycles. The van der Waals surface area contributed by atoms with Crippen LogP contribution in [-0.2, 0) is 6.42 Å². The predicted octanol–water partition coefficient (Wildman–Crippen LogP) is 5.75. The lowest BCUT2D eigenvalue weighted by molar-refractivity contribution is 0.453. The lowest BCUT2D eigenvalue weighted by Gasteiger charge is -2.07. The molecule has 0 fully saturated rings. The first-order valence-corrected chi connectivity index (χ1v) is 7.10. The Balaban J connectivity index is 2.20. The van der Waals surface area contributed by atoms with Crippen molar-refractivity contribution in [3.05, 3.63) is 59.4 Å². The zero-order chi connectivity index (χ0) is 15.0. The third-order valence-corrected chi connectivity index (χ3v) is 3.81. The first-order chi connectivity index (χ1) is 10.1. The highest BCUT2D eigenvalue weighted by Crippen LogP contribution is 2.28. The Morgan fingerprint density at radius 1 is 0.810 bits per heavy atom. The van der Waals surface area contributed by atoms with Gasteiger partial charge in [-0.25, -0.2) is 13.2 Å². The van der Waals surface area contributed by atoms with Crippen molar-refractivity contribution in [3.63, 3.8) is 0 Å². The van der Waals surface area contributed by atoms with Crippen molar-refractivity contribution in [2.75, 3.05) is 0 Å². The van der Waals surface area contributed by atoms with Gasteiger partial charge in [0, 0.05) is 5.39 Å². The second kappa shape index (κ2) is 5.40. The minimum Gasteiger partial charge on any atom is -0.204 e. The van der Waals surface area contributed by atoms with Gasteiger partial charge >= 0.3 is 0 Å². The molecule has 0 nitrogen and oxygen atoms in total. The number of halogens is 3. The smallest absolute Gasteiger partial charge is 0.195 e. The number of aryl methyl sites for hydroxylation is 1. The van der Waals surface area contributed by atoms with Crippen molar-refractivity contribution in [3.8, 4) is 0 Å². The van der Waals surface area contributed by atoms with Gasteiger partial charge in [-0.15, -0.1) is 0 Å².